The Morgan fingerprint density at radius 2 is 2.29 bits per heavy atom. The van der Waals surface area contributed by atoms with Gasteiger partial charge in [-0.25, -0.2) is 4.79 Å². The van der Waals surface area contributed by atoms with Crippen LogP contribution < -0.4 is 0 Å². The molecule has 1 aliphatic heterocycles. The van der Waals surface area contributed by atoms with Gasteiger partial charge in [0.15, 0.2) is 6.10 Å². The van der Waals surface area contributed by atoms with Gasteiger partial charge in [-0.3, -0.25) is 0 Å². The molecular weight excluding hydrogens is 180 g/mol. The smallest absolute Gasteiger partial charge is 0.336 e. The zero-order valence-corrected chi connectivity index (χ0v) is 9.24. The van der Waals surface area contributed by atoms with Crippen molar-refractivity contribution in [3.8, 4) is 0 Å². The summed E-state index contributed by atoms with van der Waals surface area (Å²) in [5.41, 5.74) is 1.17. The van der Waals surface area contributed by atoms with E-state index in [0.29, 0.717) is 6.61 Å². The summed E-state index contributed by atoms with van der Waals surface area (Å²) in [7, 11) is 0. The number of rotatable bonds is 2. The van der Waals surface area contributed by atoms with Gasteiger partial charge in [-0.1, -0.05) is 18.6 Å². The summed E-state index contributed by atoms with van der Waals surface area (Å²) in [5, 5.41) is 0. The predicted molar refractivity (Wildman–Crippen MR) is 53.9 cm³/mol. The normalized spacial score (nSPS) is 27.4. The summed E-state index contributed by atoms with van der Waals surface area (Å²) in [5.74, 6) is -0.147. The lowest BCUT2D eigenvalue weighted by Crippen LogP contribution is -2.36. The van der Waals surface area contributed by atoms with Gasteiger partial charge in [0.1, 0.15) is 0 Å². The molecular formula is C11H18O3. The summed E-state index contributed by atoms with van der Waals surface area (Å²) >= 11 is 0. The maximum Gasteiger partial charge on any atom is 0.336 e. The third-order valence-corrected chi connectivity index (χ3v) is 2.10. The van der Waals surface area contributed by atoms with Crippen LogP contribution >= 0.6 is 0 Å². The molecule has 3 nitrogen and oxygen atoms in total. The van der Waals surface area contributed by atoms with Crippen molar-refractivity contribution in [3.05, 3.63) is 11.6 Å². The summed E-state index contributed by atoms with van der Waals surface area (Å²) in [6.07, 6.45) is 1.56. The molecule has 0 saturated carbocycles. The van der Waals surface area contributed by atoms with E-state index < -0.39 is 6.10 Å². The predicted octanol–water partition coefficient (Wildman–Crippen LogP) is 1.92. The molecule has 0 aromatic heterocycles. The van der Waals surface area contributed by atoms with E-state index in [4.69, 9.17) is 9.47 Å². The maximum atomic E-state index is 11.5. The second-order valence-electron chi connectivity index (χ2n) is 4.09. The molecule has 0 aliphatic carbocycles. The molecule has 14 heavy (non-hydrogen) atoms. The largest absolute Gasteiger partial charge is 0.461 e. The van der Waals surface area contributed by atoms with Gasteiger partial charge in [-0.05, 0) is 20.8 Å². The summed E-state index contributed by atoms with van der Waals surface area (Å²) in [6, 6.07) is 0. The molecule has 2 atom stereocenters. The molecule has 0 radical (unpaired) electrons. The fourth-order valence-corrected chi connectivity index (χ4v) is 1.54. The van der Waals surface area contributed by atoms with Crippen LogP contribution in [0.25, 0.3) is 0 Å². The van der Waals surface area contributed by atoms with Crippen LogP contribution in [0.4, 0.5) is 0 Å². The molecule has 0 saturated heterocycles. The number of esters is 1. The SMILES string of the molecule is CC1=C[C@@H](C)[C@@H](C(=O)OC(C)C)OC1. The van der Waals surface area contributed by atoms with Crippen molar-refractivity contribution in [2.45, 2.75) is 39.9 Å². The van der Waals surface area contributed by atoms with Crippen LogP contribution in [0.2, 0.25) is 0 Å². The lowest BCUT2D eigenvalue weighted by Gasteiger charge is -2.26. The molecule has 0 amide bonds. The second kappa shape index (κ2) is 4.60. The lowest BCUT2D eigenvalue weighted by molar-refractivity contribution is -0.163. The van der Waals surface area contributed by atoms with Gasteiger partial charge in [0.25, 0.3) is 0 Å². The Morgan fingerprint density at radius 3 is 2.79 bits per heavy atom. The van der Waals surface area contributed by atoms with Crippen LogP contribution in [-0.2, 0) is 14.3 Å². The number of hydrogen-bond acceptors (Lipinski definition) is 3. The Morgan fingerprint density at radius 1 is 1.64 bits per heavy atom. The fourth-order valence-electron chi connectivity index (χ4n) is 1.54. The van der Waals surface area contributed by atoms with Crippen molar-refractivity contribution in [2.75, 3.05) is 6.61 Å². The van der Waals surface area contributed by atoms with Crippen molar-refractivity contribution in [1.82, 2.24) is 0 Å². The Labute approximate surface area is 85.1 Å². The van der Waals surface area contributed by atoms with Gasteiger partial charge in [0.2, 0.25) is 0 Å². The molecule has 3 heteroatoms. The van der Waals surface area contributed by atoms with Crippen molar-refractivity contribution < 1.29 is 14.3 Å². The zero-order chi connectivity index (χ0) is 10.7. The Kier molecular flexibility index (Phi) is 3.69. The monoisotopic (exact) mass is 198 g/mol. The molecule has 0 N–H and O–H groups in total. The summed E-state index contributed by atoms with van der Waals surface area (Å²) < 4.78 is 10.5. The van der Waals surface area contributed by atoms with E-state index in [1.807, 2.05) is 27.7 Å². The van der Waals surface area contributed by atoms with Gasteiger partial charge < -0.3 is 9.47 Å². The van der Waals surface area contributed by atoms with Crippen LogP contribution in [-0.4, -0.2) is 24.8 Å². The van der Waals surface area contributed by atoms with Crippen LogP contribution in [0.5, 0.6) is 0 Å². The van der Waals surface area contributed by atoms with E-state index in [-0.39, 0.29) is 18.0 Å². The summed E-state index contributed by atoms with van der Waals surface area (Å²) in [6.45, 7) is 8.18. The van der Waals surface area contributed by atoms with E-state index >= 15 is 0 Å². The summed E-state index contributed by atoms with van der Waals surface area (Å²) in [4.78, 5) is 11.5. The molecule has 1 heterocycles. The maximum absolute atomic E-state index is 11.5. The standard InChI is InChI=1S/C11H18O3/c1-7(2)14-11(12)10-9(4)5-8(3)6-13-10/h5,7,9-10H,6H2,1-4H3/t9-,10+/m1/s1. The zero-order valence-electron chi connectivity index (χ0n) is 9.24. The second-order valence-corrected chi connectivity index (χ2v) is 4.09. The molecule has 0 spiro atoms. The van der Waals surface area contributed by atoms with Gasteiger partial charge in [-0.2, -0.15) is 0 Å². The molecule has 1 aliphatic rings. The molecule has 0 bridgehead atoms. The number of ether oxygens (including phenoxy) is 2. The quantitative estimate of drug-likeness (QED) is 0.502. The molecule has 0 aromatic rings. The minimum atomic E-state index is -0.430. The van der Waals surface area contributed by atoms with Crippen LogP contribution in [0.15, 0.2) is 11.6 Å². The minimum absolute atomic E-state index is 0.0784. The first kappa shape index (κ1) is 11.2. The van der Waals surface area contributed by atoms with Gasteiger partial charge in [0.05, 0.1) is 12.7 Å². The first-order valence-electron chi connectivity index (χ1n) is 5.00. The Bertz CT molecular complexity index is 243. The number of hydrogen-bond donors (Lipinski definition) is 0. The average molecular weight is 198 g/mol. The van der Waals surface area contributed by atoms with Crippen molar-refractivity contribution in [1.29, 1.82) is 0 Å². The topological polar surface area (TPSA) is 35.5 Å². The third-order valence-electron chi connectivity index (χ3n) is 2.10. The highest BCUT2D eigenvalue weighted by molar-refractivity contribution is 5.75. The van der Waals surface area contributed by atoms with Crippen molar-refractivity contribution in [3.63, 3.8) is 0 Å². The first-order valence-corrected chi connectivity index (χ1v) is 5.00. The lowest BCUT2D eigenvalue weighted by atomic mass is 9.99. The van der Waals surface area contributed by atoms with Crippen LogP contribution in [0, 0.1) is 5.92 Å². The van der Waals surface area contributed by atoms with E-state index in [1.54, 1.807) is 0 Å². The van der Waals surface area contributed by atoms with E-state index in [0.717, 1.165) is 0 Å². The van der Waals surface area contributed by atoms with Crippen LogP contribution in [0.1, 0.15) is 27.7 Å². The minimum Gasteiger partial charge on any atom is -0.461 e. The van der Waals surface area contributed by atoms with Crippen molar-refractivity contribution in [2.24, 2.45) is 5.92 Å². The highest BCUT2D eigenvalue weighted by Gasteiger charge is 2.29. The van der Waals surface area contributed by atoms with Gasteiger partial charge in [-0.15, -0.1) is 0 Å². The molecule has 0 aromatic carbocycles. The average Bonchev–Trinajstić information content (AvgIpc) is 2.01. The van der Waals surface area contributed by atoms with E-state index in [2.05, 4.69) is 6.08 Å². The molecule has 0 fully saturated rings. The Balaban J connectivity index is 2.57. The molecule has 0 unspecified atom stereocenters. The highest BCUT2D eigenvalue weighted by atomic mass is 16.6. The van der Waals surface area contributed by atoms with E-state index in [9.17, 15) is 4.79 Å². The van der Waals surface area contributed by atoms with E-state index in [1.165, 1.54) is 5.57 Å². The van der Waals surface area contributed by atoms with Gasteiger partial charge in [0, 0.05) is 5.92 Å². The Hall–Kier alpha value is -0.830. The number of carbonyl (C=O) groups excluding carboxylic acids is 1. The van der Waals surface area contributed by atoms with Crippen LogP contribution in [0.3, 0.4) is 0 Å². The first-order chi connectivity index (χ1) is 6.50. The van der Waals surface area contributed by atoms with Gasteiger partial charge >= 0.3 is 5.97 Å². The fraction of sp³-hybridized carbons (Fsp3) is 0.727. The number of carbonyl (C=O) groups is 1. The third kappa shape index (κ3) is 2.84. The highest BCUT2D eigenvalue weighted by Crippen LogP contribution is 2.19. The van der Waals surface area contributed by atoms with Crippen molar-refractivity contribution >= 4 is 5.97 Å². The molecule has 1 rings (SSSR count). The molecule has 80 valence electrons.